The number of carbonyl (C=O) groups excluding carboxylic acids is 1. The number of halogens is 1. The molecule has 0 radical (unpaired) electrons. The molecule has 0 saturated carbocycles. The molecule has 1 aliphatic rings. The Balaban J connectivity index is 1.69. The predicted octanol–water partition coefficient (Wildman–Crippen LogP) is 4.05. The van der Waals surface area contributed by atoms with Gasteiger partial charge in [-0.15, -0.1) is 0 Å². The third-order valence-electron chi connectivity index (χ3n) is 4.84. The van der Waals surface area contributed by atoms with Crippen LogP contribution in [0.15, 0.2) is 57.9 Å². The van der Waals surface area contributed by atoms with E-state index in [1.165, 1.54) is 9.87 Å². The highest BCUT2D eigenvalue weighted by molar-refractivity contribution is 9.10. The molecule has 1 saturated heterocycles. The van der Waals surface area contributed by atoms with Crippen LogP contribution in [0.25, 0.3) is 0 Å². The van der Waals surface area contributed by atoms with E-state index in [1.54, 1.807) is 24.3 Å². The quantitative estimate of drug-likeness (QED) is 0.746. The van der Waals surface area contributed by atoms with Gasteiger partial charge in [-0.05, 0) is 61.2 Å². The Hall–Kier alpha value is -1.70. The fourth-order valence-electron chi connectivity index (χ4n) is 3.20. The number of sulfonamides is 1. The van der Waals surface area contributed by atoms with Crippen LogP contribution < -0.4 is 5.32 Å². The number of piperidine rings is 1. The lowest BCUT2D eigenvalue weighted by molar-refractivity contribution is -0.120. The van der Waals surface area contributed by atoms with Crippen molar-refractivity contribution in [1.82, 2.24) is 4.31 Å². The van der Waals surface area contributed by atoms with E-state index in [0.29, 0.717) is 19.4 Å². The number of anilines is 1. The Bertz CT molecular complexity index is 896. The van der Waals surface area contributed by atoms with Crippen LogP contribution in [0.2, 0.25) is 0 Å². The van der Waals surface area contributed by atoms with Crippen LogP contribution in [0.5, 0.6) is 0 Å². The van der Waals surface area contributed by atoms with Gasteiger partial charge < -0.3 is 5.32 Å². The molecule has 7 heteroatoms. The second-order valence-corrected chi connectivity index (χ2v) is 9.55. The van der Waals surface area contributed by atoms with E-state index in [2.05, 4.69) is 28.2 Å². The molecule has 1 amide bonds. The van der Waals surface area contributed by atoms with Gasteiger partial charge in [0.25, 0.3) is 0 Å². The maximum Gasteiger partial charge on any atom is 0.243 e. The summed E-state index contributed by atoms with van der Waals surface area (Å²) in [6, 6.07) is 14.3. The first-order valence-electron chi connectivity index (χ1n) is 9.05. The topological polar surface area (TPSA) is 66.5 Å². The van der Waals surface area contributed by atoms with Crippen molar-refractivity contribution in [2.24, 2.45) is 5.92 Å². The summed E-state index contributed by atoms with van der Waals surface area (Å²) in [5.74, 6) is -0.482. The lowest BCUT2D eigenvalue weighted by Gasteiger charge is -2.31. The molecular formula is C20H23BrN2O3S. The molecule has 1 fully saturated rings. The van der Waals surface area contributed by atoms with E-state index in [-0.39, 0.29) is 23.3 Å². The minimum Gasteiger partial charge on any atom is -0.326 e. The molecule has 1 heterocycles. The Morgan fingerprint density at radius 1 is 1.15 bits per heavy atom. The average Bonchev–Trinajstić information content (AvgIpc) is 2.69. The lowest BCUT2D eigenvalue weighted by atomic mass is 9.98. The molecule has 0 bridgehead atoms. The molecule has 5 nitrogen and oxygen atoms in total. The van der Waals surface area contributed by atoms with E-state index >= 15 is 0 Å². The predicted molar refractivity (Wildman–Crippen MR) is 110 cm³/mol. The van der Waals surface area contributed by atoms with Crippen molar-refractivity contribution in [2.45, 2.75) is 31.1 Å². The first kappa shape index (κ1) is 20.0. The molecule has 2 aromatic carbocycles. The van der Waals surface area contributed by atoms with Gasteiger partial charge in [0.2, 0.25) is 15.9 Å². The number of hydrogen-bond donors (Lipinski definition) is 1. The third-order valence-corrected chi connectivity index (χ3v) is 7.24. The molecular weight excluding hydrogens is 428 g/mol. The fourth-order valence-corrected chi connectivity index (χ4v) is 4.99. The van der Waals surface area contributed by atoms with Crippen LogP contribution in [0, 0.1) is 5.92 Å². The van der Waals surface area contributed by atoms with Crippen molar-refractivity contribution in [3.05, 3.63) is 58.6 Å². The summed E-state index contributed by atoms with van der Waals surface area (Å²) in [4.78, 5) is 12.9. The van der Waals surface area contributed by atoms with Gasteiger partial charge in [0.15, 0.2) is 0 Å². The summed E-state index contributed by atoms with van der Waals surface area (Å²) in [6.45, 7) is 2.72. The van der Waals surface area contributed by atoms with Gasteiger partial charge in [0.1, 0.15) is 0 Å². The first-order chi connectivity index (χ1) is 12.9. The van der Waals surface area contributed by atoms with E-state index in [0.717, 1.165) is 16.6 Å². The van der Waals surface area contributed by atoms with E-state index < -0.39 is 10.0 Å². The van der Waals surface area contributed by atoms with Gasteiger partial charge in [0.05, 0.1) is 10.8 Å². The van der Waals surface area contributed by atoms with Gasteiger partial charge in [-0.2, -0.15) is 4.31 Å². The smallest absolute Gasteiger partial charge is 0.243 e. The minimum atomic E-state index is -3.59. The fraction of sp³-hybridized carbons (Fsp3) is 0.350. The zero-order valence-electron chi connectivity index (χ0n) is 15.2. The van der Waals surface area contributed by atoms with Crippen molar-refractivity contribution in [3.63, 3.8) is 0 Å². The number of hydrogen-bond acceptors (Lipinski definition) is 3. The summed E-state index contributed by atoms with van der Waals surface area (Å²) in [6.07, 6.45) is 2.30. The second kappa shape index (κ2) is 8.54. The minimum absolute atomic E-state index is 0.130. The highest BCUT2D eigenvalue weighted by Crippen LogP contribution is 2.25. The van der Waals surface area contributed by atoms with Gasteiger partial charge in [-0.3, -0.25) is 4.79 Å². The highest BCUT2D eigenvalue weighted by Gasteiger charge is 2.33. The molecule has 0 aliphatic carbocycles. The Kier molecular flexibility index (Phi) is 6.34. The molecule has 3 rings (SSSR count). The number of nitrogens with one attached hydrogen (secondary N) is 1. The van der Waals surface area contributed by atoms with Crippen LogP contribution in [0.3, 0.4) is 0 Å². The lowest BCUT2D eigenvalue weighted by Crippen LogP contribution is -2.43. The Morgan fingerprint density at radius 2 is 1.81 bits per heavy atom. The number of carbonyl (C=O) groups is 1. The van der Waals surface area contributed by atoms with Crippen LogP contribution in [0.1, 0.15) is 25.3 Å². The van der Waals surface area contributed by atoms with Gasteiger partial charge in [-0.25, -0.2) is 8.42 Å². The normalized spacial score (nSPS) is 18.2. The molecule has 27 heavy (non-hydrogen) atoms. The standard InChI is InChI=1S/C20H23BrN2O3S/c1-2-15-5-9-18(10-6-15)22-20(24)16-4-3-13-23(14-16)27(25,26)19-11-7-17(21)8-12-19/h5-12,16H,2-4,13-14H2,1H3,(H,22,24)/t16-/m1/s1. The van der Waals surface area contributed by atoms with Crippen molar-refractivity contribution >= 4 is 37.5 Å². The molecule has 0 spiro atoms. The monoisotopic (exact) mass is 450 g/mol. The first-order valence-corrected chi connectivity index (χ1v) is 11.3. The van der Waals surface area contributed by atoms with E-state index in [1.807, 2.05) is 24.3 Å². The summed E-state index contributed by atoms with van der Waals surface area (Å²) in [5, 5.41) is 2.92. The summed E-state index contributed by atoms with van der Waals surface area (Å²) in [7, 11) is -3.59. The Labute approximate surface area is 169 Å². The Morgan fingerprint density at radius 3 is 2.44 bits per heavy atom. The van der Waals surface area contributed by atoms with Crippen molar-refractivity contribution in [3.8, 4) is 0 Å². The van der Waals surface area contributed by atoms with Crippen molar-refractivity contribution < 1.29 is 13.2 Å². The molecule has 2 aromatic rings. The SMILES string of the molecule is CCc1ccc(NC(=O)[C@@H]2CCCN(S(=O)(=O)c3ccc(Br)cc3)C2)cc1. The highest BCUT2D eigenvalue weighted by atomic mass is 79.9. The van der Waals surface area contributed by atoms with Gasteiger partial charge >= 0.3 is 0 Å². The molecule has 0 unspecified atom stereocenters. The van der Waals surface area contributed by atoms with Gasteiger partial charge in [0, 0.05) is 23.2 Å². The maximum absolute atomic E-state index is 12.9. The number of aryl methyl sites for hydroxylation is 1. The molecule has 1 atom stereocenters. The average molecular weight is 451 g/mol. The number of nitrogens with zero attached hydrogens (tertiary/aromatic N) is 1. The van der Waals surface area contributed by atoms with E-state index in [9.17, 15) is 13.2 Å². The van der Waals surface area contributed by atoms with Gasteiger partial charge in [-0.1, -0.05) is 35.0 Å². The van der Waals surface area contributed by atoms with E-state index in [4.69, 9.17) is 0 Å². The number of rotatable bonds is 5. The second-order valence-electron chi connectivity index (χ2n) is 6.70. The molecule has 144 valence electrons. The summed E-state index contributed by atoms with van der Waals surface area (Å²) in [5.41, 5.74) is 1.95. The third kappa shape index (κ3) is 4.78. The number of benzene rings is 2. The van der Waals surface area contributed by atoms with Crippen LogP contribution >= 0.6 is 15.9 Å². The zero-order chi connectivity index (χ0) is 19.4. The summed E-state index contributed by atoms with van der Waals surface area (Å²) >= 11 is 3.32. The maximum atomic E-state index is 12.9. The van der Waals surface area contributed by atoms with Crippen LogP contribution in [0.4, 0.5) is 5.69 Å². The molecule has 1 N–H and O–H groups in total. The van der Waals surface area contributed by atoms with Crippen molar-refractivity contribution in [2.75, 3.05) is 18.4 Å². The molecule has 1 aliphatic heterocycles. The summed E-state index contributed by atoms with van der Waals surface area (Å²) < 4.78 is 28.0. The van der Waals surface area contributed by atoms with Crippen molar-refractivity contribution in [1.29, 1.82) is 0 Å². The molecule has 0 aromatic heterocycles. The van der Waals surface area contributed by atoms with Crippen LogP contribution in [-0.4, -0.2) is 31.7 Å². The largest absolute Gasteiger partial charge is 0.326 e. The zero-order valence-corrected chi connectivity index (χ0v) is 17.6. The van der Waals surface area contributed by atoms with Crippen LogP contribution in [-0.2, 0) is 21.2 Å². The number of amides is 1.